The Morgan fingerprint density at radius 1 is 1.33 bits per heavy atom. The van der Waals surface area contributed by atoms with Gasteiger partial charge in [0.05, 0.1) is 9.80 Å². The average molecular weight is 228 g/mol. The van der Waals surface area contributed by atoms with Gasteiger partial charge >= 0.3 is 5.00 Å². The van der Waals surface area contributed by atoms with Crippen LogP contribution in [-0.4, -0.2) is 21.4 Å². The molecule has 1 aromatic rings. The molecule has 0 aromatic carbocycles. The van der Waals surface area contributed by atoms with E-state index < -0.39 is 10.5 Å². The third-order valence-corrected chi connectivity index (χ3v) is 2.67. The van der Waals surface area contributed by atoms with Gasteiger partial charge in [-0.05, 0) is 6.07 Å². The van der Waals surface area contributed by atoms with E-state index >= 15 is 0 Å². The Labute approximate surface area is 91.4 Å². The Kier molecular flexibility index (Phi) is 3.09. The van der Waals surface area contributed by atoms with Crippen molar-refractivity contribution in [3.63, 3.8) is 0 Å². The van der Waals surface area contributed by atoms with Crippen molar-refractivity contribution in [2.75, 3.05) is 0 Å². The van der Waals surface area contributed by atoms with Gasteiger partial charge < -0.3 is 5.21 Å². The highest BCUT2D eigenvalue weighted by Crippen LogP contribution is 2.22. The quantitative estimate of drug-likeness (QED) is 0.256. The van der Waals surface area contributed by atoms with E-state index in [0.29, 0.717) is 4.88 Å². The lowest BCUT2D eigenvalue weighted by Crippen LogP contribution is -2.29. The van der Waals surface area contributed by atoms with E-state index in [2.05, 4.69) is 0 Å². The lowest BCUT2D eigenvalue weighted by atomic mass is 10.1. The summed E-state index contributed by atoms with van der Waals surface area (Å²) < 4.78 is 0.794. The van der Waals surface area contributed by atoms with Crippen LogP contribution in [0.5, 0.6) is 0 Å². The number of nitrogens with zero attached hydrogens (tertiary/aromatic N) is 2. The Bertz CT molecular complexity index is 404. The van der Waals surface area contributed by atoms with Crippen molar-refractivity contribution in [2.24, 2.45) is 0 Å². The molecule has 0 aliphatic rings. The molecule has 0 fully saturated rings. The lowest BCUT2D eigenvalue weighted by molar-refractivity contribution is -0.530. The molecule has 0 radical (unpaired) electrons. The van der Waals surface area contributed by atoms with Crippen LogP contribution in [0.25, 0.3) is 0 Å². The number of hydroxylamine groups is 1. The minimum atomic E-state index is -0.529. The van der Waals surface area contributed by atoms with Crippen LogP contribution < -0.4 is 0 Å². The van der Waals surface area contributed by atoms with Gasteiger partial charge in [0.25, 0.3) is 0 Å². The second kappa shape index (κ2) is 3.98. The molecular formula is C9H12N2O3S. The van der Waals surface area contributed by atoms with Crippen LogP contribution in [0, 0.1) is 15.3 Å². The fourth-order valence-corrected chi connectivity index (χ4v) is 1.56. The van der Waals surface area contributed by atoms with Crippen LogP contribution in [-0.2, 0) is 0 Å². The predicted octanol–water partition coefficient (Wildman–Crippen LogP) is 2.38. The molecule has 6 heteroatoms. The van der Waals surface area contributed by atoms with Gasteiger partial charge in [0, 0.05) is 26.8 Å². The van der Waals surface area contributed by atoms with Crippen LogP contribution in [0.1, 0.15) is 25.6 Å². The van der Waals surface area contributed by atoms with E-state index in [1.165, 1.54) is 12.3 Å². The Balaban J connectivity index is 2.94. The summed E-state index contributed by atoms with van der Waals surface area (Å²) in [6.07, 6.45) is 1.37. The molecule has 0 unspecified atom stereocenters. The fraction of sp³-hybridized carbons (Fsp3) is 0.444. The van der Waals surface area contributed by atoms with E-state index in [1.54, 1.807) is 26.8 Å². The molecule has 0 spiro atoms. The van der Waals surface area contributed by atoms with Gasteiger partial charge in [-0.2, -0.15) is 0 Å². The Morgan fingerprint density at radius 3 is 2.33 bits per heavy atom. The second-order valence-corrected chi connectivity index (χ2v) is 5.15. The van der Waals surface area contributed by atoms with Gasteiger partial charge in [-0.15, -0.1) is 0 Å². The van der Waals surface area contributed by atoms with Gasteiger partial charge in [0.15, 0.2) is 11.8 Å². The van der Waals surface area contributed by atoms with E-state index in [1.807, 2.05) is 0 Å². The molecule has 0 aliphatic heterocycles. The zero-order valence-corrected chi connectivity index (χ0v) is 9.58. The third-order valence-electron chi connectivity index (χ3n) is 1.70. The van der Waals surface area contributed by atoms with Gasteiger partial charge in [-0.25, -0.2) is 4.74 Å². The summed E-state index contributed by atoms with van der Waals surface area (Å²) in [6, 6.07) is 2.96. The first-order valence-corrected chi connectivity index (χ1v) is 5.18. The monoisotopic (exact) mass is 228 g/mol. The van der Waals surface area contributed by atoms with E-state index in [4.69, 9.17) is 0 Å². The smallest absolute Gasteiger partial charge is 0.324 e. The van der Waals surface area contributed by atoms with Crippen molar-refractivity contribution >= 4 is 22.6 Å². The first kappa shape index (κ1) is 11.6. The molecule has 1 heterocycles. The summed E-state index contributed by atoms with van der Waals surface area (Å²) >= 11 is 0.989. The molecule has 1 aromatic heterocycles. The van der Waals surface area contributed by atoms with Crippen molar-refractivity contribution in [3.05, 3.63) is 32.3 Å². The lowest BCUT2D eigenvalue weighted by Gasteiger charge is -2.18. The summed E-state index contributed by atoms with van der Waals surface area (Å²) in [5, 5.41) is 22.0. The summed E-state index contributed by atoms with van der Waals surface area (Å²) in [6.45, 7) is 5.33. The standard InChI is InChI=1S/C9H12N2O3S/c1-9(2,3)10(12)6-7-4-5-8(15-7)11(13)14/h4-6H,1-3H3/b10-6-. The molecule has 0 bridgehead atoms. The molecule has 0 saturated carbocycles. The van der Waals surface area contributed by atoms with Crippen molar-refractivity contribution in [3.8, 4) is 0 Å². The first-order valence-electron chi connectivity index (χ1n) is 4.36. The summed E-state index contributed by atoms with van der Waals surface area (Å²) in [4.78, 5) is 10.5. The third kappa shape index (κ3) is 3.02. The molecule has 0 saturated heterocycles. The molecule has 15 heavy (non-hydrogen) atoms. The fourth-order valence-electron chi connectivity index (χ4n) is 0.819. The molecule has 5 nitrogen and oxygen atoms in total. The van der Waals surface area contributed by atoms with E-state index in [-0.39, 0.29) is 5.00 Å². The van der Waals surface area contributed by atoms with Gasteiger partial charge in [0.1, 0.15) is 0 Å². The topological polar surface area (TPSA) is 69.2 Å². The minimum Gasteiger partial charge on any atom is -0.623 e. The van der Waals surface area contributed by atoms with Gasteiger partial charge in [0.2, 0.25) is 0 Å². The zero-order chi connectivity index (χ0) is 11.6. The molecule has 1 rings (SSSR count). The first-order chi connectivity index (χ1) is 6.80. The molecular weight excluding hydrogens is 216 g/mol. The zero-order valence-electron chi connectivity index (χ0n) is 8.76. The van der Waals surface area contributed by atoms with Gasteiger partial charge in [-0.3, -0.25) is 10.1 Å². The van der Waals surface area contributed by atoms with Crippen LogP contribution >= 0.6 is 11.3 Å². The van der Waals surface area contributed by atoms with Gasteiger partial charge in [-0.1, -0.05) is 11.3 Å². The number of hydrogen-bond acceptors (Lipinski definition) is 4. The highest BCUT2D eigenvalue weighted by molar-refractivity contribution is 7.16. The van der Waals surface area contributed by atoms with Crippen LogP contribution in [0.4, 0.5) is 5.00 Å². The molecule has 0 amide bonds. The highest BCUT2D eigenvalue weighted by atomic mass is 32.1. The molecule has 0 N–H and O–H groups in total. The summed E-state index contributed by atoms with van der Waals surface area (Å²) in [5.74, 6) is 0. The summed E-state index contributed by atoms with van der Waals surface area (Å²) in [5.41, 5.74) is -0.529. The normalized spacial score (nSPS) is 12.9. The van der Waals surface area contributed by atoms with Crippen LogP contribution in [0.2, 0.25) is 0 Å². The van der Waals surface area contributed by atoms with E-state index in [0.717, 1.165) is 16.1 Å². The number of nitro groups is 1. The van der Waals surface area contributed by atoms with Crippen LogP contribution in [0.3, 0.4) is 0 Å². The maximum Gasteiger partial charge on any atom is 0.324 e. The Morgan fingerprint density at radius 2 is 1.93 bits per heavy atom. The van der Waals surface area contributed by atoms with Crippen molar-refractivity contribution in [1.82, 2.24) is 0 Å². The largest absolute Gasteiger partial charge is 0.623 e. The predicted molar refractivity (Wildman–Crippen MR) is 59.5 cm³/mol. The SMILES string of the molecule is CC(C)(C)/[N+]([O-])=C/c1ccc([N+](=O)[O-])s1. The number of rotatable bonds is 2. The second-order valence-electron chi connectivity index (χ2n) is 4.06. The summed E-state index contributed by atoms with van der Waals surface area (Å²) in [7, 11) is 0. The number of hydrogen-bond donors (Lipinski definition) is 0. The Hall–Kier alpha value is -1.43. The minimum absolute atomic E-state index is 0.0450. The molecule has 82 valence electrons. The molecule has 0 atom stereocenters. The van der Waals surface area contributed by atoms with E-state index in [9.17, 15) is 15.3 Å². The van der Waals surface area contributed by atoms with Crippen molar-refractivity contribution in [1.29, 1.82) is 0 Å². The average Bonchev–Trinajstić information content (AvgIpc) is 2.50. The maximum absolute atomic E-state index is 11.5. The number of thiophene rings is 1. The van der Waals surface area contributed by atoms with Crippen molar-refractivity contribution in [2.45, 2.75) is 26.3 Å². The highest BCUT2D eigenvalue weighted by Gasteiger charge is 2.19. The maximum atomic E-state index is 11.5. The molecule has 0 aliphatic carbocycles. The van der Waals surface area contributed by atoms with Crippen molar-refractivity contribution < 1.29 is 9.66 Å². The van der Waals surface area contributed by atoms with Crippen LogP contribution in [0.15, 0.2) is 12.1 Å².